The van der Waals surface area contributed by atoms with Gasteiger partial charge in [-0.25, -0.2) is 0 Å². The van der Waals surface area contributed by atoms with Crippen LogP contribution in [-0.4, -0.2) is 15.0 Å². The molecule has 0 saturated heterocycles. The molecule has 8 rings (SSSR count). The van der Waals surface area contributed by atoms with Crippen LogP contribution in [0.1, 0.15) is 49.7 Å². The zero-order valence-electron chi connectivity index (χ0n) is 19.9. The average molecular weight is 647 g/mol. The quantitative estimate of drug-likeness (QED) is 0.191. The minimum Gasteiger partial charge on any atom is -0.434 e. The van der Waals surface area contributed by atoms with E-state index < -0.39 is 0 Å². The van der Waals surface area contributed by atoms with Crippen LogP contribution in [0.4, 0.5) is 0 Å². The standard InChI is InChI=1S/C19H18N.C12H8N3.Ir/c1-2-7-15-14(6-1)17-16(8-3-13-20-17)19-11-4-9-18(15,19)10-5-12-19;1-2-6-10-9(5-1)14-12(15-10)11-7-3-4-8-13-11;/h1-3,7-8,13H,4-5,9-12H2;1-8H;/q2*-1;. The van der Waals surface area contributed by atoms with Crippen molar-refractivity contribution in [2.24, 2.45) is 0 Å². The maximum absolute atomic E-state index is 4.74. The number of benzene rings is 2. The first-order chi connectivity index (χ1) is 17.3. The third-order valence-corrected chi connectivity index (χ3v) is 8.49. The van der Waals surface area contributed by atoms with Gasteiger partial charge in [0.2, 0.25) is 0 Å². The predicted octanol–water partition coefficient (Wildman–Crippen LogP) is 6.66. The molecule has 181 valence electrons. The van der Waals surface area contributed by atoms with E-state index in [4.69, 9.17) is 4.98 Å². The smallest absolute Gasteiger partial charge is 0.0620 e. The molecule has 2 saturated carbocycles. The van der Waals surface area contributed by atoms with Crippen LogP contribution in [0.15, 0.2) is 85.2 Å². The van der Waals surface area contributed by atoms with Gasteiger partial charge in [-0.2, -0.15) is 0 Å². The van der Waals surface area contributed by atoms with Gasteiger partial charge < -0.3 is 15.0 Å². The van der Waals surface area contributed by atoms with E-state index in [1.807, 2.05) is 54.7 Å². The van der Waals surface area contributed by atoms with Gasteiger partial charge in [0.25, 0.3) is 0 Å². The van der Waals surface area contributed by atoms with Crippen LogP contribution in [0.3, 0.4) is 0 Å². The Hall–Kier alpha value is -3.14. The fourth-order valence-corrected chi connectivity index (χ4v) is 7.18. The topological polar surface area (TPSA) is 52.8 Å². The summed E-state index contributed by atoms with van der Waals surface area (Å²) in [4.78, 5) is 17.8. The molecule has 0 amide bonds. The Bertz CT molecular complexity index is 1420. The Balaban J connectivity index is 0.000000135. The zero-order valence-corrected chi connectivity index (χ0v) is 22.3. The summed E-state index contributed by atoms with van der Waals surface area (Å²) in [5.41, 5.74) is 8.95. The number of hydrogen-bond donors (Lipinski definition) is 0. The molecule has 3 aliphatic carbocycles. The van der Waals surface area contributed by atoms with E-state index in [0.29, 0.717) is 16.7 Å². The van der Waals surface area contributed by atoms with Crippen LogP contribution in [0, 0.1) is 6.07 Å². The van der Waals surface area contributed by atoms with Crippen molar-refractivity contribution in [3.8, 4) is 22.8 Å². The van der Waals surface area contributed by atoms with Gasteiger partial charge in [-0.3, -0.25) is 4.98 Å². The van der Waals surface area contributed by atoms with Gasteiger partial charge in [0.15, 0.2) is 0 Å². The fraction of sp³-hybridized carbons (Fsp3) is 0.258. The van der Waals surface area contributed by atoms with Gasteiger partial charge in [-0.05, 0) is 64.4 Å². The molecule has 3 heterocycles. The second kappa shape index (κ2) is 9.06. The van der Waals surface area contributed by atoms with E-state index in [0.717, 1.165) is 16.7 Å². The van der Waals surface area contributed by atoms with Gasteiger partial charge in [0, 0.05) is 32.5 Å². The molecule has 5 aromatic rings. The number of hydrogen-bond acceptors (Lipinski definition) is 3. The first kappa shape index (κ1) is 23.3. The molecule has 2 fully saturated rings. The van der Waals surface area contributed by atoms with E-state index in [9.17, 15) is 0 Å². The summed E-state index contributed by atoms with van der Waals surface area (Å²) < 4.78 is 0. The molecular formula is C31H26IrN4-2. The monoisotopic (exact) mass is 647 g/mol. The van der Waals surface area contributed by atoms with Crippen molar-refractivity contribution < 1.29 is 20.1 Å². The fourth-order valence-electron chi connectivity index (χ4n) is 7.18. The van der Waals surface area contributed by atoms with E-state index in [1.54, 1.807) is 11.8 Å². The van der Waals surface area contributed by atoms with Crippen LogP contribution in [0.25, 0.3) is 33.8 Å². The Labute approximate surface area is 225 Å². The molecule has 0 N–H and O–H groups in total. The van der Waals surface area contributed by atoms with Gasteiger partial charge >= 0.3 is 0 Å². The van der Waals surface area contributed by atoms with Crippen LogP contribution in [0.5, 0.6) is 0 Å². The summed E-state index contributed by atoms with van der Waals surface area (Å²) in [7, 11) is 0. The van der Waals surface area contributed by atoms with E-state index >= 15 is 0 Å². The van der Waals surface area contributed by atoms with Crippen molar-refractivity contribution in [2.75, 3.05) is 0 Å². The maximum atomic E-state index is 4.74. The second-order valence-electron chi connectivity index (χ2n) is 9.98. The van der Waals surface area contributed by atoms with Crippen LogP contribution in [0.2, 0.25) is 0 Å². The third-order valence-electron chi connectivity index (χ3n) is 8.49. The normalized spacial score (nSPS) is 22.9. The molecule has 2 aromatic carbocycles. The summed E-state index contributed by atoms with van der Waals surface area (Å²) >= 11 is 0. The number of para-hydroxylation sites is 2. The van der Waals surface area contributed by atoms with Gasteiger partial charge in [-0.1, -0.05) is 67.6 Å². The molecule has 0 bridgehead atoms. The van der Waals surface area contributed by atoms with E-state index in [2.05, 4.69) is 45.3 Å². The largest absolute Gasteiger partial charge is 0.434 e. The Morgan fingerprint density at radius 2 is 1.44 bits per heavy atom. The van der Waals surface area contributed by atoms with Crippen molar-refractivity contribution in [3.05, 3.63) is 102 Å². The molecule has 0 unspecified atom stereocenters. The maximum Gasteiger partial charge on any atom is 0.0620 e. The Morgan fingerprint density at radius 1 is 0.722 bits per heavy atom. The number of fused-ring (bicyclic) bond motifs is 4. The van der Waals surface area contributed by atoms with Crippen molar-refractivity contribution in [3.63, 3.8) is 0 Å². The first-order valence-corrected chi connectivity index (χ1v) is 12.6. The molecule has 36 heavy (non-hydrogen) atoms. The molecular weight excluding hydrogens is 621 g/mol. The van der Waals surface area contributed by atoms with Gasteiger partial charge in [0.05, 0.1) is 5.69 Å². The average Bonchev–Trinajstić information content (AvgIpc) is 3.62. The molecule has 3 aliphatic rings. The van der Waals surface area contributed by atoms with Gasteiger partial charge in [0.1, 0.15) is 0 Å². The summed E-state index contributed by atoms with van der Waals surface area (Å²) in [5.74, 6) is 0.691. The number of nitrogens with zero attached hydrogens (tertiary/aromatic N) is 4. The van der Waals surface area contributed by atoms with Crippen molar-refractivity contribution in [1.82, 2.24) is 19.9 Å². The molecule has 0 aliphatic heterocycles. The van der Waals surface area contributed by atoms with Crippen molar-refractivity contribution in [1.29, 1.82) is 0 Å². The predicted molar refractivity (Wildman–Crippen MR) is 138 cm³/mol. The molecule has 0 atom stereocenters. The number of pyridine rings is 2. The Kier molecular flexibility index (Phi) is 5.86. The molecule has 5 heteroatoms. The first-order valence-electron chi connectivity index (χ1n) is 12.6. The summed E-state index contributed by atoms with van der Waals surface area (Å²) in [6.07, 6.45) is 11.8. The summed E-state index contributed by atoms with van der Waals surface area (Å²) in [6.45, 7) is 0. The van der Waals surface area contributed by atoms with Crippen molar-refractivity contribution >= 4 is 11.0 Å². The van der Waals surface area contributed by atoms with Gasteiger partial charge in [-0.15, -0.1) is 35.4 Å². The molecule has 3 aromatic heterocycles. The minimum absolute atomic E-state index is 0. The number of imidazole rings is 1. The number of rotatable bonds is 1. The molecule has 0 spiro atoms. The SMILES string of the molecule is [Ir].[c-]1cccc2c1-c1ncccc1C13CCCC21CCC3.c1ccc(-c2nc3ccccc3[n-]2)nc1. The summed E-state index contributed by atoms with van der Waals surface area (Å²) in [6, 6.07) is 28.1. The minimum atomic E-state index is 0. The second-order valence-corrected chi connectivity index (χ2v) is 9.98. The Morgan fingerprint density at radius 3 is 2.22 bits per heavy atom. The third kappa shape index (κ3) is 3.33. The van der Waals surface area contributed by atoms with E-state index in [-0.39, 0.29) is 20.1 Å². The number of aromatic nitrogens is 4. The molecule has 4 nitrogen and oxygen atoms in total. The zero-order chi connectivity index (χ0) is 23.3. The van der Waals surface area contributed by atoms with Crippen LogP contribution >= 0.6 is 0 Å². The molecule has 1 radical (unpaired) electrons. The van der Waals surface area contributed by atoms with Crippen molar-refractivity contribution in [2.45, 2.75) is 49.4 Å². The summed E-state index contributed by atoms with van der Waals surface area (Å²) in [5, 5.41) is 0. The van der Waals surface area contributed by atoms with Crippen LogP contribution in [-0.2, 0) is 30.9 Å². The van der Waals surface area contributed by atoms with E-state index in [1.165, 1.54) is 55.3 Å². The van der Waals surface area contributed by atoms with Crippen LogP contribution < -0.4 is 4.98 Å².